The molecule has 0 aliphatic rings. The van der Waals surface area contributed by atoms with Crippen molar-refractivity contribution in [3.05, 3.63) is 36.0 Å². The van der Waals surface area contributed by atoms with Crippen LogP contribution in [0.3, 0.4) is 0 Å². The highest BCUT2D eigenvalue weighted by Crippen LogP contribution is 2.38. The van der Waals surface area contributed by atoms with Gasteiger partial charge in [-0.05, 0) is 60.5 Å². The summed E-state index contributed by atoms with van der Waals surface area (Å²) in [5.41, 5.74) is 2.66. The third kappa shape index (κ3) is 8.08. The van der Waals surface area contributed by atoms with E-state index in [1.54, 1.807) is 0 Å². The van der Waals surface area contributed by atoms with Gasteiger partial charge in [-0.25, -0.2) is 0 Å². The molecule has 0 saturated heterocycles. The molecule has 0 aliphatic carbocycles. The van der Waals surface area contributed by atoms with Crippen LogP contribution in [0.5, 0.6) is 0 Å². The van der Waals surface area contributed by atoms with E-state index in [1.165, 1.54) is 11.1 Å². The lowest BCUT2D eigenvalue weighted by molar-refractivity contribution is -0.133. The summed E-state index contributed by atoms with van der Waals surface area (Å²) in [7, 11) is 0. The van der Waals surface area contributed by atoms with Crippen molar-refractivity contribution in [3.63, 3.8) is 0 Å². The number of carbonyl (C=O) groups is 1. The fraction of sp³-hybridized carbons (Fsp3) is 0.750. The van der Waals surface area contributed by atoms with Gasteiger partial charge in [-0.2, -0.15) is 0 Å². The molecule has 1 amide bonds. The predicted octanol–water partition coefficient (Wildman–Crippen LogP) is 8.35. The van der Waals surface area contributed by atoms with Crippen molar-refractivity contribution in [3.8, 4) is 0 Å². The third-order valence-corrected chi connectivity index (χ3v) is 7.46. The van der Waals surface area contributed by atoms with Crippen LogP contribution in [0.15, 0.2) is 36.0 Å². The molecule has 0 fully saturated rings. The Balaban J connectivity index is 5.92. The first-order valence-electron chi connectivity index (χ1n) is 12.5. The van der Waals surface area contributed by atoms with Crippen LogP contribution in [0.4, 0.5) is 0 Å². The lowest BCUT2D eigenvalue weighted by Gasteiger charge is -2.32. The predicted molar refractivity (Wildman–Crippen MR) is 135 cm³/mol. The number of nitrogens with zero attached hydrogens (tertiary/aromatic N) is 1. The average Bonchev–Trinajstić information content (AvgIpc) is 2.77. The van der Waals surface area contributed by atoms with E-state index in [9.17, 15) is 4.79 Å². The van der Waals surface area contributed by atoms with Crippen molar-refractivity contribution < 1.29 is 4.79 Å². The minimum Gasteiger partial charge on any atom is -0.342 e. The van der Waals surface area contributed by atoms with Gasteiger partial charge in [0.2, 0.25) is 5.91 Å². The zero-order valence-corrected chi connectivity index (χ0v) is 21.7. The molecule has 0 heterocycles. The van der Waals surface area contributed by atoms with E-state index in [0.29, 0.717) is 0 Å². The number of amides is 1. The summed E-state index contributed by atoms with van der Waals surface area (Å²) in [6, 6.07) is 0. The topological polar surface area (TPSA) is 20.3 Å². The Morgan fingerprint density at radius 3 is 1.83 bits per heavy atom. The lowest BCUT2D eigenvalue weighted by atomic mass is 9.74. The first-order valence-corrected chi connectivity index (χ1v) is 12.5. The number of allylic oxidation sites excluding steroid dienone is 4. The summed E-state index contributed by atoms with van der Waals surface area (Å²) < 4.78 is 0. The highest BCUT2D eigenvalue weighted by Gasteiger charge is 2.27. The average molecular weight is 418 g/mol. The maximum absolute atomic E-state index is 13.2. The van der Waals surface area contributed by atoms with Gasteiger partial charge in [0.15, 0.2) is 0 Å². The van der Waals surface area contributed by atoms with Crippen LogP contribution in [0, 0.1) is 16.7 Å². The molecule has 0 aromatic rings. The summed E-state index contributed by atoms with van der Waals surface area (Å²) in [5, 5.41) is 0. The number of unbranched alkanes of at least 4 members (excludes halogenated alkanes) is 1. The van der Waals surface area contributed by atoms with E-state index < -0.39 is 0 Å². The summed E-state index contributed by atoms with van der Waals surface area (Å²) in [5.74, 6) is 0.152. The molecule has 174 valence electrons. The monoisotopic (exact) mass is 417 g/mol. The van der Waals surface area contributed by atoms with E-state index in [2.05, 4.69) is 92.0 Å². The van der Waals surface area contributed by atoms with Gasteiger partial charge in [-0.3, -0.25) is 4.79 Å². The van der Waals surface area contributed by atoms with Crippen molar-refractivity contribution >= 4 is 5.91 Å². The van der Waals surface area contributed by atoms with E-state index in [-0.39, 0.29) is 22.7 Å². The first kappa shape index (κ1) is 28.7. The molecule has 0 rings (SSSR count). The Morgan fingerprint density at radius 1 is 0.867 bits per heavy atom. The van der Waals surface area contributed by atoms with Gasteiger partial charge in [0.1, 0.15) is 0 Å². The molecule has 0 aromatic carbocycles. The molecule has 1 unspecified atom stereocenters. The standard InChI is InChI=1S/C28H51NO/c1-11-17-21-29(20-12-2)26(30)23(7)22-25(28(10,15-5)16-6)19-18-24(8)27(9,13-3)14-4/h18-19,22-23H,8,11-17,20-21H2,1-7,9-10H3/b19-18-,25-22+. The zero-order chi connectivity index (χ0) is 23.4. The molecular formula is C28H51NO. The van der Waals surface area contributed by atoms with Gasteiger partial charge in [0.05, 0.1) is 5.92 Å². The third-order valence-electron chi connectivity index (χ3n) is 7.46. The van der Waals surface area contributed by atoms with E-state index in [1.807, 2.05) is 0 Å². The van der Waals surface area contributed by atoms with Crippen LogP contribution in [-0.2, 0) is 4.79 Å². The Morgan fingerprint density at radius 2 is 1.40 bits per heavy atom. The maximum Gasteiger partial charge on any atom is 0.229 e. The Kier molecular flexibility index (Phi) is 13.3. The molecule has 2 nitrogen and oxygen atoms in total. The van der Waals surface area contributed by atoms with Crippen LogP contribution in [0.25, 0.3) is 0 Å². The van der Waals surface area contributed by atoms with Crippen LogP contribution in [0.2, 0.25) is 0 Å². The molecule has 0 spiro atoms. The molecule has 0 N–H and O–H groups in total. The van der Waals surface area contributed by atoms with Gasteiger partial charge in [0.25, 0.3) is 0 Å². The number of hydrogen-bond donors (Lipinski definition) is 0. The van der Waals surface area contributed by atoms with Crippen molar-refractivity contribution in [1.29, 1.82) is 0 Å². The quantitative estimate of drug-likeness (QED) is 0.245. The minimum atomic E-state index is -0.109. The van der Waals surface area contributed by atoms with Crippen LogP contribution in [-0.4, -0.2) is 23.9 Å². The van der Waals surface area contributed by atoms with Gasteiger partial charge < -0.3 is 4.90 Å². The molecule has 0 bridgehead atoms. The second-order valence-corrected chi connectivity index (χ2v) is 9.48. The summed E-state index contributed by atoms with van der Waals surface area (Å²) in [4.78, 5) is 15.3. The number of hydrogen-bond acceptors (Lipinski definition) is 1. The molecule has 0 aromatic heterocycles. The van der Waals surface area contributed by atoms with Crippen LogP contribution >= 0.6 is 0 Å². The van der Waals surface area contributed by atoms with Gasteiger partial charge in [0, 0.05) is 13.1 Å². The summed E-state index contributed by atoms with van der Waals surface area (Å²) >= 11 is 0. The molecule has 2 heteroatoms. The van der Waals surface area contributed by atoms with Crippen molar-refractivity contribution in [2.75, 3.05) is 13.1 Å². The molecule has 1 atom stereocenters. The second-order valence-electron chi connectivity index (χ2n) is 9.48. The molecule has 30 heavy (non-hydrogen) atoms. The summed E-state index contributed by atoms with van der Waals surface area (Å²) in [6.07, 6.45) is 14.2. The molecule has 0 radical (unpaired) electrons. The Hall–Kier alpha value is -1.31. The van der Waals surface area contributed by atoms with Crippen molar-refractivity contribution in [2.24, 2.45) is 16.7 Å². The minimum absolute atomic E-state index is 0.0686. The van der Waals surface area contributed by atoms with E-state index in [0.717, 1.165) is 58.0 Å². The fourth-order valence-corrected chi connectivity index (χ4v) is 3.79. The maximum atomic E-state index is 13.2. The van der Waals surface area contributed by atoms with Crippen molar-refractivity contribution in [1.82, 2.24) is 4.90 Å². The molecule has 0 saturated carbocycles. The molecular weight excluding hydrogens is 366 g/mol. The lowest BCUT2D eigenvalue weighted by Crippen LogP contribution is -2.36. The van der Waals surface area contributed by atoms with Gasteiger partial charge in [-0.15, -0.1) is 0 Å². The van der Waals surface area contributed by atoms with Crippen molar-refractivity contribution in [2.45, 2.75) is 107 Å². The normalized spacial score (nSPS) is 14.2. The number of rotatable bonds is 15. The zero-order valence-electron chi connectivity index (χ0n) is 21.7. The first-order chi connectivity index (χ1) is 14.1. The summed E-state index contributed by atoms with van der Waals surface area (Å²) in [6.45, 7) is 26.1. The number of carbonyl (C=O) groups excluding carboxylic acids is 1. The SMILES string of the molecule is C=C(/C=C\C(=C/C(C)C(=O)N(CCC)CCCC)C(C)(CC)CC)C(C)(CC)CC. The van der Waals surface area contributed by atoms with E-state index >= 15 is 0 Å². The Labute approximate surface area is 188 Å². The fourth-order valence-electron chi connectivity index (χ4n) is 3.79. The van der Waals surface area contributed by atoms with E-state index in [4.69, 9.17) is 0 Å². The Bertz CT molecular complexity index is 575. The highest BCUT2D eigenvalue weighted by molar-refractivity contribution is 5.80. The molecule has 0 aliphatic heterocycles. The smallest absolute Gasteiger partial charge is 0.229 e. The van der Waals surface area contributed by atoms with Crippen LogP contribution in [0.1, 0.15) is 107 Å². The van der Waals surface area contributed by atoms with Gasteiger partial charge in [-0.1, -0.05) is 93.5 Å². The largest absolute Gasteiger partial charge is 0.342 e. The second kappa shape index (κ2) is 13.9. The van der Waals surface area contributed by atoms with Gasteiger partial charge >= 0.3 is 0 Å². The highest BCUT2D eigenvalue weighted by atomic mass is 16.2. The van der Waals surface area contributed by atoms with Crippen LogP contribution < -0.4 is 0 Å².